The molecule has 1 unspecified atom stereocenters. The number of carbonyl (C=O) groups is 1. The summed E-state index contributed by atoms with van der Waals surface area (Å²) in [6.07, 6.45) is 5.55. The number of amides is 1. The van der Waals surface area contributed by atoms with E-state index >= 15 is 0 Å². The number of nitrogens with zero attached hydrogens (tertiary/aromatic N) is 2. The molecule has 0 aromatic rings. The van der Waals surface area contributed by atoms with Crippen molar-refractivity contribution in [2.45, 2.75) is 46.0 Å². The molecular weight excluding hydrogens is 333 g/mol. The molecule has 0 saturated carbocycles. The number of halogens is 2. The zero-order valence-corrected chi connectivity index (χ0v) is 16.4. The Labute approximate surface area is 154 Å². The second-order valence-corrected chi connectivity index (χ2v) is 6.71. The van der Waals surface area contributed by atoms with Crippen molar-refractivity contribution in [3.05, 3.63) is 0 Å². The molecule has 2 aliphatic heterocycles. The SMILES string of the molecule is CCN(CC)CC1CCN(C(=O)CCC2CCNCC2)C1.Cl.Cl. The fourth-order valence-electron chi connectivity index (χ4n) is 3.71. The monoisotopic (exact) mass is 367 g/mol. The molecule has 2 saturated heterocycles. The molecule has 2 aliphatic rings. The van der Waals surface area contributed by atoms with Gasteiger partial charge in [-0.25, -0.2) is 0 Å². The van der Waals surface area contributed by atoms with Crippen molar-refractivity contribution in [1.29, 1.82) is 0 Å². The van der Waals surface area contributed by atoms with Crippen molar-refractivity contribution in [2.75, 3.05) is 45.8 Å². The minimum atomic E-state index is 0. The van der Waals surface area contributed by atoms with Crippen LogP contribution in [0.3, 0.4) is 0 Å². The van der Waals surface area contributed by atoms with Gasteiger partial charge in [0.2, 0.25) is 5.91 Å². The van der Waals surface area contributed by atoms with Gasteiger partial charge >= 0.3 is 0 Å². The lowest BCUT2D eigenvalue weighted by atomic mass is 9.93. The van der Waals surface area contributed by atoms with Crippen LogP contribution in [0, 0.1) is 11.8 Å². The van der Waals surface area contributed by atoms with Gasteiger partial charge in [-0.15, -0.1) is 24.8 Å². The van der Waals surface area contributed by atoms with Crippen LogP contribution in [0.2, 0.25) is 0 Å². The highest BCUT2D eigenvalue weighted by Gasteiger charge is 2.27. The number of hydrogen-bond donors (Lipinski definition) is 1. The number of carbonyl (C=O) groups excluding carboxylic acids is 1. The predicted molar refractivity (Wildman–Crippen MR) is 102 cm³/mol. The number of nitrogens with one attached hydrogen (secondary N) is 1. The maximum absolute atomic E-state index is 12.4. The van der Waals surface area contributed by atoms with Crippen LogP contribution in [0.15, 0.2) is 0 Å². The van der Waals surface area contributed by atoms with E-state index in [-0.39, 0.29) is 24.8 Å². The number of likely N-dealkylation sites (tertiary alicyclic amines) is 1. The minimum Gasteiger partial charge on any atom is -0.342 e. The van der Waals surface area contributed by atoms with Crippen molar-refractivity contribution >= 4 is 30.7 Å². The average Bonchev–Trinajstić information content (AvgIpc) is 3.00. The highest BCUT2D eigenvalue weighted by Crippen LogP contribution is 2.22. The molecular formula is C17H35Cl2N3O. The zero-order chi connectivity index (χ0) is 15.1. The van der Waals surface area contributed by atoms with E-state index in [2.05, 4.69) is 29.0 Å². The first-order valence-corrected chi connectivity index (χ1v) is 8.93. The molecule has 1 amide bonds. The first kappa shape index (κ1) is 23.0. The van der Waals surface area contributed by atoms with Gasteiger partial charge in [0.05, 0.1) is 0 Å². The Morgan fingerprint density at radius 1 is 1.09 bits per heavy atom. The Morgan fingerprint density at radius 2 is 1.74 bits per heavy atom. The first-order valence-electron chi connectivity index (χ1n) is 8.93. The third-order valence-corrected chi connectivity index (χ3v) is 5.27. The van der Waals surface area contributed by atoms with Crippen LogP contribution in [0.25, 0.3) is 0 Å². The summed E-state index contributed by atoms with van der Waals surface area (Å²) in [7, 11) is 0. The van der Waals surface area contributed by atoms with Crippen molar-refractivity contribution in [2.24, 2.45) is 11.8 Å². The van der Waals surface area contributed by atoms with Gasteiger partial charge in [-0.05, 0) is 63.7 Å². The molecule has 0 aromatic heterocycles. The molecule has 2 heterocycles. The second-order valence-electron chi connectivity index (χ2n) is 6.71. The Kier molecular flexibility index (Phi) is 12.3. The van der Waals surface area contributed by atoms with Gasteiger partial charge in [0, 0.05) is 26.1 Å². The second kappa shape index (κ2) is 12.3. The summed E-state index contributed by atoms with van der Waals surface area (Å²) < 4.78 is 0. The van der Waals surface area contributed by atoms with Gasteiger partial charge in [-0.1, -0.05) is 13.8 Å². The Morgan fingerprint density at radius 3 is 2.35 bits per heavy atom. The summed E-state index contributed by atoms with van der Waals surface area (Å²) in [6, 6.07) is 0. The highest BCUT2D eigenvalue weighted by atomic mass is 35.5. The molecule has 23 heavy (non-hydrogen) atoms. The van der Waals surface area contributed by atoms with Crippen LogP contribution in [0.1, 0.15) is 46.0 Å². The fourth-order valence-corrected chi connectivity index (χ4v) is 3.71. The van der Waals surface area contributed by atoms with Crippen LogP contribution < -0.4 is 5.32 Å². The molecule has 0 radical (unpaired) electrons. The molecule has 2 fully saturated rings. The van der Waals surface area contributed by atoms with E-state index in [0.29, 0.717) is 11.8 Å². The zero-order valence-electron chi connectivity index (χ0n) is 14.8. The molecule has 1 atom stereocenters. The summed E-state index contributed by atoms with van der Waals surface area (Å²) >= 11 is 0. The predicted octanol–water partition coefficient (Wildman–Crippen LogP) is 2.80. The Hall–Kier alpha value is -0.0300. The highest BCUT2D eigenvalue weighted by molar-refractivity contribution is 5.85. The quantitative estimate of drug-likeness (QED) is 0.751. The minimum absolute atomic E-state index is 0. The summed E-state index contributed by atoms with van der Waals surface area (Å²) in [5.74, 6) is 1.85. The number of piperidine rings is 1. The van der Waals surface area contributed by atoms with E-state index in [1.54, 1.807) is 0 Å². The maximum atomic E-state index is 12.4. The Bertz CT molecular complexity index is 321. The van der Waals surface area contributed by atoms with Gasteiger partial charge in [0.1, 0.15) is 0 Å². The van der Waals surface area contributed by atoms with Crippen LogP contribution in [0.5, 0.6) is 0 Å². The van der Waals surface area contributed by atoms with Crippen LogP contribution in [-0.4, -0.2) is 61.5 Å². The molecule has 6 heteroatoms. The molecule has 1 N–H and O–H groups in total. The van der Waals surface area contributed by atoms with Gasteiger partial charge in [-0.3, -0.25) is 4.79 Å². The third-order valence-electron chi connectivity index (χ3n) is 5.27. The lowest BCUT2D eigenvalue weighted by molar-refractivity contribution is -0.130. The van der Waals surface area contributed by atoms with Crippen LogP contribution in [-0.2, 0) is 4.79 Å². The van der Waals surface area contributed by atoms with E-state index < -0.39 is 0 Å². The number of rotatable bonds is 7. The summed E-state index contributed by atoms with van der Waals surface area (Å²) in [6.45, 7) is 12.1. The normalized spacial score (nSPS) is 21.9. The van der Waals surface area contributed by atoms with E-state index in [1.165, 1.54) is 19.3 Å². The van der Waals surface area contributed by atoms with Crippen LogP contribution >= 0.6 is 24.8 Å². The lowest BCUT2D eigenvalue weighted by Crippen LogP contribution is -2.33. The average molecular weight is 368 g/mol. The van der Waals surface area contributed by atoms with E-state index in [4.69, 9.17) is 0 Å². The third kappa shape index (κ3) is 7.59. The van der Waals surface area contributed by atoms with Gasteiger partial charge in [0.25, 0.3) is 0 Å². The first-order chi connectivity index (χ1) is 10.2. The molecule has 0 spiro atoms. The van der Waals surface area contributed by atoms with Gasteiger partial charge < -0.3 is 15.1 Å². The van der Waals surface area contributed by atoms with Crippen molar-refractivity contribution in [3.8, 4) is 0 Å². The summed E-state index contributed by atoms with van der Waals surface area (Å²) in [4.78, 5) is 17.0. The fraction of sp³-hybridized carbons (Fsp3) is 0.941. The Balaban J connectivity index is 0.00000242. The van der Waals surface area contributed by atoms with E-state index in [1.807, 2.05) is 0 Å². The van der Waals surface area contributed by atoms with Crippen molar-refractivity contribution < 1.29 is 4.79 Å². The maximum Gasteiger partial charge on any atom is 0.222 e. The summed E-state index contributed by atoms with van der Waals surface area (Å²) in [5.41, 5.74) is 0. The van der Waals surface area contributed by atoms with Crippen molar-refractivity contribution in [1.82, 2.24) is 15.1 Å². The molecule has 2 rings (SSSR count). The molecule has 0 aromatic carbocycles. The van der Waals surface area contributed by atoms with Gasteiger partial charge in [-0.2, -0.15) is 0 Å². The van der Waals surface area contributed by atoms with Gasteiger partial charge in [0.15, 0.2) is 0 Å². The van der Waals surface area contributed by atoms with Crippen LogP contribution in [0.4, 0.5) is 0 Å². The lowest BCUT2D eigenvalue weighted by Gasteiger charge is -2.24. The van der Waals surface area contributed by atoms with Crippen molar-refractivity contribution in [3.63, 3.8) is 0 Å². The summed E-state index contributed by atoms with van der Waals surface area (Å²) in [5, 5.41) is 3.39. The smallest absolute Gasteiger partial charge is 0.222 e. The number of hydrogen-bond acceptors (Lipinski definition) is 3. The molecule has 4 nitrogen and oxygen atoms in total. The molecule has 138 valence electrons. The molecule has 0 aliphatic carbocycles. The molecule has 0 bridgehead atoms. The largest absolute Gasteiger partial charge is 0.342 e. The topological polar surface area (TPSA) is 35.6 Å². The van der Waals surface area contributed by atoms with E-state index in [0.717, 1.165) is 64.6 Å². The van der Waals surface area contributed by atoms with E-state index in [9.17, 15) is 4.79 Å². The standard InChI is InChI=1S/C17H33N3O.2ClH/c1-3-19(4-2)13-16-9-12-20(14-16)17(21)6-5-15-7-10-18-11-8-15;;/h15-16,18H,3-14H2,1-2H3;2*1H.